The average Bonchev–Trinajstić information content (AvgIpc) is 2.68. The first-order valence-corrected chi connectivity index (χ1v) is 10.1. The van der Waals surface area contributed by atoms with Gasteiger partial charge in [-0.1, -0.05) is 43.5 Å². The predicted molar refractivity (Wildman–Crippen MR) is 116 cm³/mol. The van der Waals surface area contributed by atoms with Crippen molar-refractivity contribution in [2.45, 2.75) is 39.3 Å². The molecule has 28 heavy (non-hydrogen) atoms. The Kier molecular flexibility index (Phi) is 6.65. The second-order valence-electron chi connectivity index (χ2n) is 6.67. The lowest BCUT2D eigenvalue weighted by Crippen LogP contribution is -2.24. The SMILES string of the molecule is CCCCCn1c(=S)[nH]c2cc(C(=O)NCc3cccc(Cl)c3)ccc2c1=O. The summed E-state index contributed by atoms with van der Waals surface area (Å²) in [6.45, 7) is 3.08. The van der Waals surface area contributed by atoms with Crippen LogP contribution >= 0.6 is 23.8 Å². The molecule has 7 heteroatoms. The van der Waals surface area contributed by atoms with Crippen molar-refractivity contribution in [3.63, 3.8) is 0 Å². The fourth-order valence-electron chi connectivity index (χ4n) is 3.05. The van der Waals surface area contributed by atoms with E-state index in [9.17, 15) is 9.59 Å². The number of carbonyl (C=O) groups excluding carboxylic acids is 1. The van der Waals surface area contributed by atoms with Gasteiger partial charge in [0.15, 0.2) is 4.77 Å². The third-order valence-corrected chi connectivity index (χ3v) is 5.13. The molecule has 0 aliphatic rings. The monoisotopic (exact) mass is 415 g/mol. The van der Waals surface area contributed by atoms with Crippen LogP contribution < -0.4 is 10.9 Å². The van der Waals surface area contributed by atoms with Gasteiger partial charge in [-0.25, -0.2) is 0 Å². The number of rotatable bonds is 7. The molecule has 0 aliphatic carbocycles. The van der Waals surface area contributed by atoms with Crippen molar-refractivity contribution in [3.05, 3.63) is 73.7 Å². The highest BCUT2D eigenvalue weighted by Gasteiger charge is 2.10. The van der Waals surface area contributed by atoms with Crippen molar-refractivity contribution in [2.24, 2.45) is 0 Å². The number of hydrogen-bond donors (Lipinski definition) is 2. The van der Waals surface area contributed by atoms with Gasteiger partial charge < -0.3 is 10.3 Å². The zero-order valence-electron chi connectivity index (χ0n) is 15.6. The van der Waals surface area contributed by atoms with Gasteiger partial charge in [-0.15, -0.1) is 0 Å². The predicted octanol–water partition coefficient (Wildman–Crippen LogP) is 4.83. The van der Waals surface area contributed by atoms with Crippen molar-refractivity contribution in [2.75, 3.05) is 0 Å². The second kappa shape index (κ2) is 9.17. The molecule has 2 aromatic carbocycles. The van der Waals surface area contributed by atoms with Gasteiger partial charge in [0.05, 0.1) is 10.9 Å². The molecule has 1 amide bonds. The van der Waals surface area contributed by atoms with Gasteiger partial charge in [-0.3, -0.25) is 14.2 Å². The molecule has 0 aliphatic heterocycles. The molecule has 1 heterocycles. The van der Waals surface area contributed by atoms with E-state index in [0.29, 0.717) is 39.3 Å². The first-order valence-electron chi connectivity index (χ1n) is 9.29. The Balaban J connectivity index is 1.81. The fraction of sp³-hybridized carbons (Fsp3) is 0.286. The molecule has 0 saturated carbocycles. The zero-order valence-corrected chi connectivity index (χ0v) is 17.2. The van der Waals surface area contributed by atoms with E-state index < -0.39 is 0 Å². The Morgan fingerprint density at radius 1 is 1.21 bits per heavy atom. The third-order valence-electron chi connectivity index (χ3n) is 4.57. The van der Waals surface area contributed by atoms with Gasteiger partial charge >= 0.3 is 0 Å². The molecule has 5 nitrogen and oxygen atoms in total. The van der Waals surface area contributed by atoms with E-state index >= 15 is 0 Å². The number of nitrogens with zero attached hydrogens (tertiary/aromatic N) is 1. The molecule has 3 rings (SSSR count). The molecule has 0 atom stereocenters. The molecule has 0 spiro atoms. The second-order valence-corrected chi connectivity index (χ2v) is 7.49. The van der Waals surface area contributed by atoms with Crippen LogP contribution in [0.2, 0.25) is 5.02 Å². The molecule has 2 N–H and O–H groups in total. The Hall–Kier alpha value is -2.44. The summed E-state index contributed by atoms with van der Waals surface area (Å²) in [5.74, 6) is -0.228. The van der Waals surface area contributed by atoms with Crippen LogP contribution in [-0.4, -0.2) is 15.5 Å². The highest BCUT2D eigenvalue weighted by Crippen LogP contribution is 2.13. The Labute approximate surface area is 173 Å². The van der Waals surface area contributed by atoms with Crippen molar-refractivity contribution >= 4 is 40.6 Å². The number of aromatic nitrogens is 2. The highest BCUT2D eigenvalue weighted by molar-refractivity contribution is 7.71. The lowest BCUT2D eigenvalue weighted by Gasteiger charge is -2.10. The smallest absolute Gasteiger partial charge is 0.262 e. The van der Waals surface area contributed by atoms with Gasteiger partial charge in [0.25, 0.3) is 11.5 Å². The van der Waals surface area contributed by atoms with Crippen LogP contribution in [0.3, 0.4) is 0 Å². The number of fused-ring (bicyclic) bond motifs is 1. The van der Waals surface area contributed by atoms with Crippen LogP contribution in [0.1, 0.15) is 42.1 Å². The number of H-pyrrole nitrogens is 1. The molecule has 0 unspecified atom stereocenters. The number of benzene rings is 2. The van der Waals surface area contributed by atoms with E-state index in [-0.39, 0.29) is 11.5 Å². The number of nitrogens with one attached hydrogen (secondary N) is 2. The van der Waals surface area contributed by atoms with Crippen LogP contribution in [0.15, 0.2) is 47.3 Å². The van der Waals surface area contributed by atoms with Gasteiger partial charge in [-0.2, -0.15) is 0 Å². The van der Waals surface area contributed by atoms with Gasteiger partial charge in [0, 0.05) is 23.7 Å². The number of hydrogen-bond acceptors (Lipinski definition) is 3. The molecule has 1 aromatic heterocycles. The summed E-state index contributed by atoms with van der Waals surface area (Å²) in [6, 6.07) is 12.3. The van der Waals surface area contributed by atoms with Gasteiger partial charge in [-0.05, 0) is 54.5 Å². The lowest BCUT2D eigenvalue weighted by molar-refractivity contribution is 0.0951. The molecule has 0 bridgehead atoms. The van der Waals surface area contributed by atoms with E-state index in [1.807, 2.05) is 12.1 Å². The number of aromatic amines is 1. The van der Waals surface area contributed by atoms with E-state index in [1.54, 1.807) is 34.9 Å². The van der Waals surface area contributed by atoms with Crippen LogP contribution in [0, 0.1) is 4.77 Å². The number of carbonyl (C=O) groups is 1. The summed E-state index contributed by atoms with van der Waals surface area (Å²) in [4.78, 5) is 28.3. The van der Waals surface area contributed by atoms with Crippen LogP contribution in [0.5, 0.6) is 0 Å². The first-order chi connectivity index (χ1) is 13.5. The minimum atomic E-state index is -0.228. The van der Waals surface area contributed by atoms with Crippen molar-refractivity contribution in [1.82, 2.24) is 14.9 Å². The topological polar surface area (TPSA) is 66.9 Å². The lowest BCUT2D eigenvalue weighted by atomic mass is 10.1. The van der Waals surface area contributed by atoms with Crippen molar-refractivity contribution in [3.8, 4) is 0 Å². The molecule has 0 saturated heterocycles. The summed E-state index contributed by atoms with van der Waals surface area (Å²) >= 11 is 11.3. The normalized spacial score (nSPS) is 10.9. The van der Waals surface area contributed by atoms with E-state index in [0.717, 1.165) is 24.8 Å². The maximum absolute atomic E-state index is 12.7. The number of unbranched alkanes of at least 4 members (excludes halogenated alkanes) is 2. The Bertz CT molecular complexity index is 1120. The largest absolute Gasteiger partial charge is 0.348 e. The molecule has 0 radical (unpaired) electrons. The summed E-state index contributed by atoms with van der Waals surface area (Å²) in [5, 5.41) is 4.01. The van der Waals surface area contributed by atoms with Gasteiger partial charge in [0.1, 0.15) is 0 Å². The summed E-state index contributed by atoms with van der Waals surface area (Å²) in [5.41, 5.74) is 1.82. The maximum Gasteiger partial charge on any atom is 0.262 e. The fourth-order valence-corrected chi connectivity index (χ4v) is 3.55. The third kappa shape index (κ3) is 4.69. The highest BCUT2D eigenvalue weighted by atomic mass is 35.5. The van der Waals surface area contributed by atoms with E-state index in [2.05, 4.69) is 17.2 Å². The van der Waals surface area contributed by atoms with Gasteiger partial charge in [0.2, 0.25) is 0 Å². The molecule has 0 fully saturated rings. The van der Waals surface area contributed by atoms with Crippen LogP contribution in [0.4, 0.5) is 0 Å². The Morgan fingerprint density at radius 2 is 2.04 bits per heavy atom. The van der Waals surface area contributed by atoms with E-state index in [4.69, 9.17) is 23.8 Å². The summed E-state index contributed by atoms with van der Waals surface area (Å²) in [6.07, 6.45) is 3.03. The summed E-state index contributed by atoms with van der Waals surface area (Å²) in [7, 11) is 0. The minimum Gasteiger partial charge on any atom is -0.348 e. The minimum absolute atomic E-state index is 0.124. The van der Waals surface area contributed by atoms with Crippen molar-refractivity contribution < 1.29 is 4.79 Å². The number of halogens is 1. The Morgan fingerprint density at radius 3 is 2.79 bits per heavy atom. The molecule has 146 valence electrons. The zero-order chi connectivity index (χ0) is 20.1. The first kappa shape index (κ1) is 20.3. The van der Waals surface area contributed by atoms with Crippen LogP contribution in [0.25, 0.3) is 10.9 Å². The molecule has 3 aromatic rings. The standard InChI is InChI=1S/C21H22ClN3O2S/c1-2-3-4-10-25-20(27)17-9-8-15(12-18(17)24-21(25)28)19(26)23-13-14-6-5-7-16(22)11-14/h5-9,11-12H,2-4,10,13H2,1H3,(H,23,26)(H,24,28). The summed E-state index contributed by atoms with van der Waals surface area (Å²) < 4.78 is 1.97. The maximum atomic E-state index is 12.7. The average molecular weight is 416 g/mol. The quantitative estimate of drug-likeness (QED) is 0.429. The molecular weight excluding hydrogens is 394 g/mol. The number of amides is 1. The molecular formula is C21H22ClN3O2S. The van der Waals surface area contributed by atoms with Crippen LogP contribution in [-0.2, 0) is 13.1 Å². The van der Waals surface area contributed by atoms with E-state index in [1.165, 1.54) is 0 Å². The van der Waals surface area contributed by atoms with Crippen molar-refractivity contribution in [1.29, 1.82) is 0 Å².